The van der Waals surface area contributed by atoms with Gasteiger partial charge in [-0.15, -0.1) is 0 Å². The third kappa shape index (κ3) is 1.79. The third-order valence-electron chi connectivity index (χ3n) is 2.09. The fraction of sp³-hybridized carbons (Fsp3) is 0. The van der Waals surface area contributed by atoms with Crippen molar-refractivity contribution in [1.82, 2.24) is 9.55 Å². The number of nitrogens with two attached hydrogens (primary N) is 1. The molecule has 3 N–H and O–H groups in total. The van der Waals surface area contributed by atoms with Crippen molar-refractivity contribution in [2.75, 3.05) is 0 Å². The van der Waals surface area contributed by atoms with Crippen molar-refractivity contribution < 1.29 is 5.21 Å². The van der Waals surface area contributed by atoms with Gasteiger partial charge in [0, 0.05) is 12.4 Å². The first-order valence-corrected chi connectivity index (χ1v) is 5.29. The van der Waals surface area contributed by atoms with Crippen molar-refractivity contribution in [2.24, 2.45) is 10.9 Å². The third-order valence-corrected chi connectivity index (χ3v) is 2.71. The first kappa shape index (κ1) is 10.7. The minimum Gasteiger partial charge on any atom is -0.409 e. The summed E-state index contributed by atoms with van der Waals surface area (Å²) in [6.45, 7) is 0. The smallest absolute Gasteiger partial charge is 0.187 e. The minimum atomic E-state index is 0.0440. The molecule has 82 valence electrons. The quantitative estimate of drug-likeness (QED) is 0.381. The van der Waals surface area contributed by atoms with E-state index in [0.717, 1.165) is 4.47 Å². The summed E-state index contributed by atoms with van der Waals surface area (Å²) in [6, 6.07) is 7.24. The predicted molar refractivity (Wildman–Crippen MR) is 63.8 cm³/mol. The fourth-order valence-electron chi connectivity index (χ4n) is 1.38. The molecule has 16 heavy (non-hydrogen) atoms. The second kappa shape index (κ2) is 4.36. The Labute approximate surface area is 100 Å². The molecule has 2 aromatic rings. The van der Waals surface area contributed by atoms with Gasteiger partial charge in [-0.1, -0.05) is 5.16 Å². The lowest BCUT2D eigenvalue weighted by Crippen LogP contribution is -2.17. The number of nitrogens with zero attached hydrogens (tertiary/aromatic N) is 3. The highest BCUT2D eigenvalue weighted by molar-refractivity contribution is 9.10. The second-order valence-electron chi connectivity index (χ2n) is 3.06. The zero-order valence-corrected chi connectivity index (χ0v) is 9.79. The molecule has 0 aliphatic heterocycles. The largest absolute Gasteiger partial charge is 0.409 e. The van der Waals surface area contributed by atoms with Crippen LogP contribution in [0.2, 0.25) is 0 Å². The minimum absolute atomic E-state index is 0.0440. The first-order chi connectivity index (χ1) is 7.74. The van der Waals surface area contributed by atoms with Crippen molar-refractivity contribution in [3.63, 3.8) is 0 Å². The molecule has 0 spiro atoms. The summed E-state index contributed by atoms with van der Waals surface area (Å²) in [6.07, 6.45) is 3.47. The molecule has 0 saturated carbocycles. The molecule has 0 aliphatic rings. The number of hydrogen-bond acceptors (Lipinski definition) is 3. The van der Waals surface area contributed by atoms with Gasteiger partial charge >= 0.3 is 0 Å². The molecule has 0 amide bonds. The molecule has 0 radical (unpaired) electrons. The molecule has 2 aromatic heterocycles. The molecular weight excluding hydrogens is 272 g/mol. The highest BCUT2D eigenvalue weighted by Gasteiger charge is 2.10. The van der Waals surface area contributed by atoms with Crippen LogP contribution in [0.1, 0.15) is 5.69 Å². The number of oxime groups is 1. The average molecular weight is 281 g/mol. The highest BCUT2D eigenvalue weighted by atomic mass is 79.9. The molecule has 5 nitrogen and oxygen atoms in total. The SMILES string of the molecule is N/C(=N/O)c1cccn1-c1ncccc1Br. The Hall–Kier alpha value is -1.82. The summed E-state index contributed by atoms with van der Waals surface area (Å²) in [5.41, 5.74) is 6.15. The Morgan fingerprint density at radius 1 is 1.44 bits per heavy atom. The number of aromatic nitrogens is 2. The van der Waals surface area contributed by atoms with Crippen molar-refractivity contribution in [3.05, 3.63) is 46.8 Å². The van der Waals surface area contributed by atoms with Crippen LogP contribution in [-0.4, -0.2) is 20.6 Å². The summed E-state index contributed by atoms with van der Waals surface area (Å²) >= 11 is 3.40. The van der Waals surface area contributed by atoms with Crippen LogP contribution >= 0.6 is 15.9 Å². The topological polar surface area (TPSA) is 76.4 Å². The summed E-state index contributed by atoms with van der Waals surface area (Å²) in [4.78, 5) is 4.22. The average Bonchev–Trinajstić information content (AvgIpc) is 2.77. The van der Waals surface area contributed by atoms with Crippen LogP contribution in [0.4, 0.5) is 0 Å². The lowest BCUT2D eigenvalue weighted by atomic mass is 10.4. The van der Waals surface area contributed by atoms with Crippen LogP contribution in [0.15, 0.2) is 46.3 Å². The van der Waals surface area contributed by atoms with E-state index in [1.54, 1.807) is 29.1 Å². The molecule has 6 heteroatoms. The van der Waals surface area contributed by atoms with Gasteiger partial charge in [0.15, 0.2) is 11.7 Å². The van der Waals surface area contributed by atoms with Gasteiger partial charge in [-0.3, -0.25) is 4.57 Å². The Bertz CT molecular complexity index is 535. The number of hydrogen-bond donors (Lipinski definition) is 2. The summed E-state index contributed by atoms with van der Waals surface area (Å²) < 4.78 is 2.57. The van der Waals surface area contributed by atoms with Gasteiger partial charge in [0.25, 0.3) is 0 Å². The van der Waals surface area contributed by atoms with Crippen LogP contribution in [-0.2, 0) is 0 Å². The van der Waals surface area contributed by atoms with Crippen LogP contribution in [0.25, 0.3) is 5.82 Å². The monoisotopic (exact) mass is 280 g/mol. The summed E-state index contributed by atoms with van der Waals surface area (Å²) in [7, 11) is 0. The van der Waals surface area contributed by atoms with Gasteiger partial charge in [0.05, 0.1) is 10.2 Å². The van der Waals surface area contributed by atoms with Crippen LogP contribution < -0.4 is 5.73 Å². The van der Waals surface area contributed by atoms with E-state index in [9.17, 15) is 0 Å². The molecule has 0 aliphatic carbocycles. The van der Waals surface area contributed by atoms with E-state index in [1.807, 2.05) is 12.1 Å². The normalized spacial score (nSPS) is 11.7. The molecular formula is C10H9BrN4O. The Morgan fingerprint density at radius 3 is 2.94 bits per heavy atom. The van der Waals surface area contributed by atoms with E-state index < -0.39 is 0 Å². The Morgan fingerprint density at radius 2 is 2.25 bits per heavy atom. The maximum atomic E-state index is 8.66. The molecule has 0 fully saturated rings. The molecule has 2 heterocycles. The standard InChI is InChI=1S/C10H9BrN4O/c11-7-3-1-5-13-10(7)15-6-2-4-8(15)9(12)14-16/h1-6,16H,(H2,12,14). The zero-order valence-electron chi connectivity index (χ0n) is 8.21. The Kier molecular flexibility index (Phi) is 2.91. The molecule has 0 bridgehead atoms. The molecule has 2 rings (SSSR count). The molecule has 0 atom stereocenters. The van der Waals surface area contributed by atoms with Crippen LogP contribution in [0.3, 0.4) is 0 Å². The van der Waals surface area contributed by atoms with E-state index >= 15 is 0 Å². The molecule has 0 saturated heterocycles. The fourth-order valence-corrected chi connectivity index (χ4v) is 1.83. The van der Waals surface area contributed by atoms with Gasteiger partial charge in [-0.25, -0.2) is 4.98 Å². The number of rotatable bonds is 2. The van der Waals surface area contributed by atoms with Crippen LogP contribution in [0.5, 0.6) is 0 Å². The van der Waals surface area contributed by atoms with Crippen molar-refractivity contribution >= 4 is 21.8 Å². The van der Waals surface area contributed by atoms with Gasteiger partial charge < -0.3 is 10.9 Å². The lowest BCUT2D eigenvalue weighted by Gasteiger charge is -2.08. The maximum absolute atomic E-state index is 8.66. The van der Waals surface area contributed by atoms with E-state index in [0.29, 0.717) is 11.5 Å². The number of halogens is 1. The second-order valence-corrected chi connectivity index (χ2v) is 3.91. The first-order valence-electron chi connectivity index (χ1n) is 4.50. The Balaban J connectivity index is 2.58. The zero-order chi connectivity index (χ0) is 11.5. The molecule has 0 aromatic carbocycles. The van der Waals surface area contributed by atoms with E-state index in [2.05, 4.69) is 26.1 Å². The number of pyridine rings is 1. The molecule has 0 unspecified atom stereocenters. The predicted octanol–water partition coefficient (Wildman–Crippen LogP) is 1.73. The van der Waals surface area contributed by atoms with Gasteiger partial charge in [-0.05, 0) is 40.2 Å². The lowest BCUT2D eigenvalue weighted by molar-refractivity contribution is 0.318. The van der Waals surface area contributed by atoms with E-state index in [4.69, 9.17) is 10.9 Å². The number of amidine groups is 1. The van der Waals surface area contributed by atoms with Crippen molar-refractivity contribution in [1.29, 1.82) is 0 Å². The summed E-state index contributed by atoms with van der Waals surface area (Å²) in [5, 5.41) is 11.6. The van der Waals surface area contributed by atoms with E-state index in [-0.39, 0.29) is 5.84 Å². The van der Waals surface area contributed by atoms with Crippen LogP contribution in [0, 0.1) is 0 Å². The van der Waals surface area contributed by atoms with Crippen molar-refractivity contribution in [3.8, 4) is 5.82 Å². The van der Waals surface area contributed by atoms with E-state index in [1.165, 1.54) is 0 Å². The van der Waals surface area contributed by atoms with Crippen molar-refractivity contribution in [2.45, 2.75) is 0 Å². The van der Waals surface area contributed by atoms with Gasteiger partial charge in [0.2, 0.25) is 0 Å². The summed E-state index contributed by atoms with van der Waals surface area (Å²) in [5.74, 6) is 0.733. The van der Waals surface area contributed by atoms with Gasteiger partial charge in [-0.2, -0.15) is 0 Å². The highest BCUT2D eigenvalue weighted by Crippen LogP contribution is 2.19. The van der Waals surface area contributed by atoms with Gasteiger partial charge in [0.1, 0.15) is 0 Å². The maximum Gasteiger partial charge on any atom is 0.187 e.